The van der Waals surface area contributed by atoms with Crippen molar-refractivity contribution in [3.63, 3.8) is 0 Å². The van der Waals surface area contributed by atoms with Crippen LogP contribution in [-0.2, 0) is 10.0 Å². The van der Waals surface area contributed by atoms with Crippen molar-refractivity contribution in [2.24, 2.45) is 0 Å². The molecule has 0 aliphatic carbocycles. The molecule has 0 unspecified atom stereocenters. The molecule has 1 amide bonds. The Bertz CT molecular complexity index is 879. The number of carbonyl (C=O) groups excluding carboxylic acids is 1. The number of rotatable bonds is 6. The van der Waals surface area contributed by atoms with Gasteiger partial charge >= 0.3 is 0 Å². The van der Waals surface area contributed by atoms with Crippen molar-refractivity contribution in [3.05, 3.63) is 42.1 Å². The summed E-state index contributed by atoms with van der Waals surface area (Å²) < 4.78 is 28.1. The van der Waals surface area contributed by atoms with E-state index in [0.717, 1.165) is 0 Å². The van der Waals surface area contributed by atoms with Crippen LogP contribution in [0.2, 0.25) is 0 Å². The van der Waals surface area contributed by atoms with Gasteiger partial charge in [0.25, 0.3) is 5.91 Å². The van der Waals surface area contributed by atoms with Crippen LogP contribution < -0.4 is 10.0 Å². The first kappa shape index (κ1) is 17.7. The molecule has 0 saturated heterocycles. The molecule has 1 heterocycles. The monoisotopic (exact) mass is 346 g/mol. The summed E-state index contributed by atoms with van der Waals surface area (Å²) in [5, 5.41) is 6.85. The fraction of sp³-hybridized carbons (Fsp3) is 0.250. The van der Waals surface area contributed by atoms with Crippen LogP contribution in [0.5, 0.6) is 0 Å². The lowest BCUT2D eigenvalue weighted by atomic mass is 10.2. The Hall–Kier alpha value is -2.63. The van der Waals surface area contributed by atoms with Crippen LogP contribution in [-0.4, -0.2) is 30.7 Å². The number of sulfonamides is 1. The van der Waals surface area contributed by atoms with Crippen LogP contribution in [0, 0.1) is 12.3 Å². The molecular weight excluding hydrogens is 328 g/mol. The molecule has 126 valence electrons. The molecule has 1 aromatic heterocycles. The summed E-state index contributed by atoms with van der Waals surface area (Å²) in [6.45, 7) is 3.76. The number of nitrogens with zero attached hydrogens (tertiary/aromatic N) is 2. The molecule has 0 bridgehead atoms. The molecule has 7 nitrogen and oxygen atoms in total. The van der Waals surface area contributed by atoms with Crippen LogP contribution in [0.15, 0.2) is 41.4 Å². The number of benzene rings is 1. The highest BCUT2D eigenvalue weighted by Gasteiger charge is 2.16. The Balaban J connectivity index is 2.24. The van der Waals surface area contributed by atoms with Crippen LogP contribution in [0.4, 0.5) is 5.82 Å². The average molecular weight is 346 g/mol. The highest BCUT2D eigenvalue weighted by Crippen LogP contribution is 2.16. The molecule has 1 aromatic carbocycles. The summed E-state index contributed by atoms with van der Waals surface area (Å²) in [5.74, 6) is 2.31. The second-order valence-corrected chi connectivity index (χ2v) is 7.03. The molecule has 0 saturated carbocycles. The van der Waals surface area contributed by atoms with Gasteiger partial charge in [-0.25, -0.2) is 13.1 Å². The number of terminal acetylenes is 1. The van der Waals surface area contributed by atoms with Crippen molar-refractivity contribution in [1.29, 1.82) is 0 Å². The quantitative estimate of drug-likeness (QED) is 0.778. The van der Waals surface area contributed by atoms with Gasteiger partial charge < -0.3 is 5.32 Å². The largest absolute Gasteiger partial charge is 0.307 e. The van der Waals surface area contributed by atoms with Crippen molar-refractivity contribution in [2.45, 2.75) is 24.8 Å². The van der Waals surface area contributed by atoms with Gasteiger partial charge in [0.2, 0.25) is 10.0 Å². The Morgan fingerprint density at radius 2 is 2.12 bits per heavy atom. The lowest BCUT2D eigenvalue weighted by Crippen LogP contribution is -2.24. The van der Waals surface area contributed by atoms with E-state index in [4.69, 9.17) is 6.42 Å². The van der Waals surface area contributed by atoms with Gasteiger partial charge in [0.1, 0.15) is 5.82 Å². The standard InChI is InChI=1S/C16H18N4O3S/c1-4-9-18-24(22,23)14-7-5-6-13(11-14)16(21)19-15-8-10-17-20(15)12(2)3/h1,5-8,10-12,18H,9H2,2-3H3,(H,19,21). The van der Waals surface area contributed by atoms with E-state index in [0.29, 0.717) is 5.82 Å². The smallest absolute Gasteiger partial charge is 0.256 e. The second-order valence-electron chi connectivity index (χ2n) is 5.27. The minimum Gasteiger partial charge on any atom is -0.307 e. The fourth-order valence-electron chi connectivity index (χ4n) is 2.04. The SMILES string of the molecule is C#CCNS(=O)(=O)c1cccc(C(=O)Nc2ccnn2C(C)C)c1. The number of nitrogens with one attached hydrogen (secondary N) is 2. The number of anilines is 1. The third kappa shape index (κ3) is 4.01. The summed E-state index contributed by atoms with van der Waals surface area (Å²) in [6.07, 6.45) is 6.64. The Morgan fingerprint density at radius 3 is 2.79 bits per heavy atom. The molecule has 0 radical (unpaired) electrons. The normalized spacial score (nSPS) is 11.2. The highest BCUT2D eigenvalue weighted by atomic mass is 32.2. The van der Waals surface area contributed by atoms with Gasteiger partial charge in [0.05, 0.1) is 17.6 Å². The van der Waals surface area contributed by atoms with E-state index in [9.17, 15) is 13.2 Å². The fourth-order valence-corrected chi connectivity index (χ4v) is 3.02. The van der Waals surface area contributed by atoms with Crippen LogP contribution in [0.25, 0.3) is 0 Å². The summed E-state index contributed by atoms with van der Waals surface area (Å²) >= 11 is 0. The summed E-state index contributed by atoms with van der Waals surface area (Å²) in [5.41, 5.74) is 0.218. The Labute approximate surface area is 141 Å². The Kier molecular flexibility index (Phi) is 5.39. The maximum absolute atomic E-state index is 12.4. The molecule has 0 fully saturated rings. The molecule has 24 heavy (non-hydrogen) atoms. The van der Waals surface area contributed by atoms with Crippen LogP contribution in [0.3, 0.4) is 0 Å². The zero-order valence-corrected chi connectivity index (χ0v) is 14.2. The van der Waals surface area contributed by atoms with Gasteiger partial charge in [-0.3, -0.25) is 4.79 Å². The first-order valence-electron chi connectivity index (χ1n) is 7.23. The molecule has 0 aliphatic rings. The highest BCUT2D eigenvalue weighted by molar-refractivity contribution is 7.89. The predicted molar refractivity (Wildman–Crippen MR) is 91.0 cm³/mol. The number of amides is 1. The minimum atomic E-state index is -3.75. The number of aromatic nitrogens is 2. The van der Waals surface area contributed by atoms with Crippen LogP contribution >= 0.6 is 0 Å². The summed E-state index contributed by atoms with van der Waals surface area (Å²) in [6, 6.07) is 7.48. The van der Waals surface area contributed by atoms with Crippen molar-refractivity contribution >= 4 is 21.7 Å². The topological polar surface area (TPSA) is 93.1 Å². The zero-order valence-electron chi connectivity index (χ0n) is 13.4. The second kappa shape index (κ2) is 7.29. The third-order valence-corrected chi connectivity index (χ3v) is 4.57. The summed E-state index contributed by atoms with van der Waals surface area (Å²) in [4.78, 5) is 12.4. The molecule has 2 N–H and O–H groups in total. The Morgan fingerprint density at radius 1 is 1.38 bits per heavy atom. The van der Waals surface area contributed by atoms with Gasteiger partial charge in [0.15, 0.2) is 0 Å². The molecular formula is C16H18N4O3S. The number of hydrogen-bond donors (Lipinski definition) is 2. The molecule has 0 atom stereocenters. The van der Waals surface area contributed by atoms with Crippen molar-refractivity contribution in [2.75, 3.05) is 11.9 Å². The van der Waals surface area contributed by atoms with Gasteiger partial charge in [0, 0.05) is 17.7 Å². The lowest BCUT2D eigenvalue weighted by molar-refractivity contribution is 0.102. The van der Waals surface area contributed by atoms with Crippen LogP contribution in [0.1, 0.15) is 30.2 Å². The number of carbonyl (C=O) groups is 1. The van der Waals surface area contributed by atoms with E-state index < -0.39 is 15.9 Å². The minimum absolute atomic E-state index is 0.0252. The zero-order chi connectivity index (χ0) is 17.7. The van der Waals surface area contributed by atoms with E-state index in [-0.39, 0.29) is 23.0 Å². The molecule has 8 heteroatoms. The predicted octanol–water partition coefficient (Wildman–Crippen LogP) is 1.63. The first-order chi connectivity index (χ1) is 11.3. The van der Waals surface area contributed by atoms with Gasteiger partial charge in [-0.15, -0.1) is 6.42 Å². The molecule has 2 aromatic rings. The molecule has 0 spiro atoms. The average Bonchev–Trinajstić information content (AvgIpc) is 3.01. The van der Waals surface area contributed by atoms with E-state index >= 15 is 0 Å². The van der Waals surface area contributed by atoms with Crippen molar-refractivity contribution < 1.29 is 13.2 Å². The van der Waals surface area contributed by atoms with Gasteiger partial charge in [-0.1, -0.05) is 12.0 Å². The third-order valence-electron chi connectivity index (χ3n) is 3.17. The summed E-state index contributed by atoms with van der Waals surface area (Å²) in [7, 11) is -3.75. The molecule has 0 aliphatic heterocycles. The van der Waals surface area contributed by atoms with Gasteiger partial charge in [-0.2, -0.15) is 9.82 Å². The van der Waals surface area contributed by atoms with Crippen molar-refractivity contribution in [3.8, 4) is 12.3 Å². The maximum atomic E-state index is 12.4. The number of hydrogen-bond acceptors (Lipinski definition) is 4. The van der Waals surface area contributed by atoms with E-state index in [1.54, 1.807) is 16.9 Å². The van der Waals surface area contributed by atoms with E-state index in [2.05, 4.69) is 21.1 Å². The first-order valence-corrected chi connectivity index (χ1v) is 8.71. The van der Waals surface area contributed by atoms with Crippen molar-refractivity contribution in [1.82, 2.24) is 14.5 Å². The van der Waals surface area contributed by atoms with E-state index in [1.807, 2.05) is 13.8 Å². The van der Waals surface area contributed by atoms with Gasteiger partial charge in [-0.05, 0) is 32.0 Å². The molecule has 2 rings (SSSR count). The van der Waals surface area contributed by atoms with E-state index in [1.165, 1.54) is 24.3 Å². The maximum Gasteiger partial charge on any atom is 0.256 e. The lowest BCUT2D eigenvalue weighted by Gasteiger charge is -2.12.